The molecule has 3 rings (SSSR count). The van der Waals surface area contributed by atoms with Crippen LogP contribution in [0.2, 0.25) is 10.0 Å². The van der Waals surface area contributed by atoms with Crippen LogP contribution in [0.3, 0.4) is 0 Å². The van der Waals surface area contributed by atoms with E-state index in [0.29, 0.717) is 42.6 Å². The zero-order valence-corrected chi connectivity index (χ0v) is 15.9. The quantitative estimate of drug-likeness (QED) is 0.776. The van der Waals surface area contributed by atoms with Crippen molar-refractivity contribution in [1.82, 2.24) is 4.31 Å². The summed E-state index contributed by atoms with van der Waals surface area (Å²) in [7, 11) is -3.54. The van der Waals surface area contributed by atoms with Gasteiger partial charge in [0.05, 0.1) is 28.8 Å². The molecule has 0 bridgehead atoms. The summed E-state index contributed by atoms with van der Waals surface area (Å²) < 4.78 is 31.7. The SMILES string of the molecule is O=S(=O)(c1ccc(N=Cc2cc(Cl)cc(Cl)c2O)cc1)N1CCOCC1. The fraction of sp³-hybridized carbons (Fsp3) is 0.235. The lowest BCUT2D eigenvalue weighted by Crippen LogP contribution is -2.40. The number of ether oxygens (including phenoxy) is 1. The van der Waals surface area contributed by atoms with Crippen LogP contribution < -0.4 is 0 Å². The number of hydrogen-bond acceptors (Lipinski definition) is 5. The number of aromatic hydroxyl groups is 1. The molecule has 1 aliphatic rings. The third-order valence-electron chi connectivity index (χ3n) is 3.85. The molecular weight excluding hydrogens is 399 g/mol. The lowest BCUT2D eigenvalue weighted by molar-refractivity contribution is 0.0730. The van der Waals surface area contributed by atoms with Gasteiger partial charge in [0.1, 0.15) is 5.75 Å². The van der Waals surface area contributed by atoms with Crippen molar-refractivity contribution in [2.24, 2.45) is 4.99 Å². The van der Waals surface area contributed by atoms with Gasteiger partial charge in [-0.05, 0) is 36.4 Å². The molecule has 0 unspecified atom stereocenters. The zero-order chi connectivity index (χ0) is 18.7. The normalized spacial score (nSPS) is 16.2. The Morgan fingerprint density at radius 1 is 1.12 bits per heavy atom. The number of aliphatic imine (C=N–C) groups is 1. The van der Waals surface area contributed by atoms with Crippen LogP contribution in [0.5, 0.6) is 5.75 Å². The van der Waals surface area contributed by atoms with E-state index in [1.807, 2.05) is 0 Å². The van der Waals surface area contributed by atoms with E-state index in [4.69, 9.17) is 27.9 Å². The van der Waals surface area contributed by atoms with E-state index in [1.165, 1.54) is 34.8 Å². The second-order valence-corrected chi connectivity index (χ2v) is 8.38. The third kappa shape index (κ3) is 4.19. The summed E-state index contributed by atoms with van der Waals surface area (Å²) in [4.78, 5) is 4.43. The standard InChI is InChI=1S/C17H16Cl2N2O4S/c18-13-9-12(17(22)16(19)10-13)11-20-14-1-3-15(4-2-14)26(23,24)21-5-7-25-8-6-21/h1-4,9-11,22H,5-8H2. The van der Waals surface area contributed by atoms with Crippen LogP contribution in [-0.2, 0) is 14.8 Å². The Balaban J connectivity index is 1.80. The number of benzene rings is 2. The molecule has 0 amide bonds. The van der Waals surface area contributed by atoms with Crippen molar-refractivity contribution in [3.8, 4) is 5.75 Å². The lowest BCUT2D eigenvalue weighted by atomic mass is 10.2. The summed E-state index contributed by atoms with van der Waals surface area (Å²) >= 11 is 11.8. The van der Waals surface area contributed by atoms with Gasteiger partial charge in [0, 0.05) is 29.9 Å². The Labute approximate surface area is 161 Å². The monoisotopic (exact) mass is 414 g/mol. The van der Waals surface area contributed by atoms with Crippen molar-refractivity contribution in [2.45, 2.75) is 4.90 Å². The maximum Gasteiger partial charge on any atom is 0.243 e. The van der Waals surface area contributed by atoms with Crippen molar-refractivity contribution >= 4 is 45.1 Å². The second-order valence-electron chi connectivity index (χ2n) is 5.59. The van der Waals surface area contributed by atoms with Gasteiger partial charge in [0.2, 0.25) is 10.0 Å². The van der Waals surface area contributed by atoms with E-state index in [1.54, 1.807) is 12.1 Å². The maximum absolute atomic E-state index is 12.6. The van der Waals surface area contributed by atoms with Crippen molar-refractivity contribution in [1.29, 1.82) is 0 Å². The summed E-state index contributed by atoms with van der Waals surface area (Å²) in [6.07, 6.45) is 1.42. The van der Waals surface area contributed by atoms with Gasteiger partial charge >= 0.3 is 0 Å². The molecule has 138 valence electrons. The topological polar surface area (TPSA) is 79.2 Å². The number of sulfonamides is 1. The Kier molecular flexibility index (Phi) is 5.84. The first-order chi connectivity index (χ1) is 12.4. The van der Waals surface area contributed by atoms with Gasteiger partial charge in [-0.3, -0.25) is 4.99 Å². The number of nitrogens with zero attached hydrogens (tertiary/aromatic N) is 2. The molecule has 0 atom stereocenters. The van der Waals surface area contributed by atoms with Crippen LogP contribution >= 0.6 is 23.2 Å². The summed E-state index contributed by atoms with van der Waals surface area (Å²) in [5.41, 5.74) is 0.897. The number of halogens is 2. The molecule has 9 heteroatoms. The molecule has 6 nitrogen and oxygen atoms in total. The third-order valence-corrected chi connectivity index (χ3v) is 6.27. The molecule has 0 aliphatic carbocycles. The van der Waals surface area contributed by atoms with Crippen LogP contribution in [0.4, 0.5) is 5.69 Å². The first-order valence-corrected chi connectivity index (χ1v) is 9.97. The first-order valence-electron chi connectivity index (χ1n) is 7.78. The average Bonchev–Trinajstić information content (AvgIpc) is 2.64. The fourth-order valence-corrected chi connectivity index (χ4v) is 4.39. The molecule has 2 aromatic rings. The van der Waals surface area contributed by atoms with Crippen LogP contribution in [0, 0.1) is 0 Å². The predicted octanol–water partition coefficient (Wildman–Crippen LogP) is 3.47. The van der Waals surface area contributed by atoms with Gasteiger partial charge in [-0.1, -0.05) is 23.2 Å². The largest absolute Gasteiger partial charge is 0.506 e. The highest BCUT2D eigenvalue weighted by Gasteiger charge is 2.25. The van der Waals surface area contributed by atoms with E-state index in [0.717, 1.165) is 0 Å². The van der Waals surface area contributed by atoms with E-state index in [9.17, 15) is 13.5 Å². The van der Waals surface area contributed by atoms with Crippen LogP contribution in [0.25, 0.3) is 0 Å². The van der Waals surface area contributed by atoms with Crippen molar-refractivity contribution in [2.75, 3.05) is 26.3 Å². The molecule has 0 saturated carbocycles. The van der Waals surface area contributed by atoms with Crippen molar-refractivity contribution in [3.05, 3.63) is 52.0 Å². The Hall–Kier alpha value is -1.64. The Morgan fingerprint density at radius 3 is 2.42 bits per heavy atom. The molecule has 1 aliphatic heterocycles. The summed E-state index contributed by atoms with van der Waals surface area (Å²) in [5.74, 6) is -0.119. The van der Waals surface area contributed by atoms with E-state index in [-0.39, 0.29) is 15.7 Å². The van der Waals surface area contributed by atoms with E-state index < -0.39 is 10.0 Å². The van der Waals surface area contributed by atoms with Gasteiger partial charge in [0.15, 0.2) is 0 Å². The highest BCUT2D eigenvalue weighted by atomic mass is 35.5. The molecule has 1 saturated heterocycles. The maximum atomic E-state index is 12.6. The molecule has 2 aromatic carbocycles. The number of phenols is 1. The summed E-state index contributed by atoms with van der Waals surface area (Å²) in [5, 5.41) is 10.4. The fourth-order valence-electron chi connectivity index (χ4n) is 2.47. The number of rotatable bonds is 4. The molecular formula is C17H16Cl2N2O4S. The molecule has 0 radical (unpaired) electrons. The number of morpholine rings is 1. The van der Waals surface area contributed by atoms with Crippen LogP contribution in [0.1, 0.15) is 5.56 Å². The highest BCUT2D eigenvalue weighted by Crippen LogP contribution is 2.30. The molecule has 1 fully saturated rings. The van der Waals surface area contributed by atoms with Gasteiger partial charge < -0.3 is 9.84 Å². The minimum Gasteiger partial charge on any atom is -0.506 e. The van der Waals surface area contributed by atoms with Crippen molar-refractivity contribution in [3.63, 3.8) is 0 Å². The second kappa shape index (κ2) is 7.94. The first kappa shape index (κ1) is 19.1. The smallest absolute Gasteiger partial charge is 0.243 e. The van der Waals surface area contributed by atoms with Crippen LogP contribution in [0.15, 0.2) is 46.3 Å². The summed E-state index contributed by atoms with van der Waals surface area (Å²) in [6, 6.07) is 9.15. The molecule has 0 spiro atoms. The zero-order valence-electron chi connectivity index (χ0n) is 13.6. The van der Waals surface area contributed by atoms with Crippen molar-refractivity contribution < 1.29 is 18.3 Å². The minimum atomic E-state index is -3.54. The van der Waals surface area contributed by atoms with Gasteiger partial charge in [-0.15, -0.1) is 0 Å². The van der Waals surface area contributed by atoms with Gasteiger partial charge in [-0.2, -0.15) is 4.31 Å². The number of hydrogen-bond donors (Lipinski definition) is 1. The predicted molar refractivity (Wildman–Crippen MR) is 101 cm³/mol. The molecule has 1 N–H and O–H groups in total. The summed E-state index contributed by atoms with van der Waals surface area (Å²) in [6.45, 7) is 1.48. The van der Waals surface area contributed by atoms with Crippen LogP contribution in [-0.4, -0.2) is 50.3 Å². The minimum absolute atomic E-state index is 0.119. The van der Waals surface area contributed by atoms with E-state index >= 15 is 0 Å². The van der Waals surface area contributed by atoms with E-state index in [2.05, 4.69) is 4.99 Å². The molecule has 0 aromatic heterocycles. The highest BCUT2D eigenvalue weighted by molar-refractivity contribution is 7.89. The Bertz CT molecular complexity index is 925. The molecule has 26 heavy (non-hydrogen) atoms. The van der Waals surface area contributed by atoms with Gasteiger partial charge in [0.25, 0.3) is 0 Å². The lowest BCUT2D eigenvalue weighted by Gasteiger charge is -2.26. The number of phenolic OH excluding ortho intramolecular Hbond substituents is 1. The average molecular weight is 415 g/mol. The van der Waals surface area contributed by atoms with Gasteiger partial charge in [-0.25, -0.2) is 8.42 Å². The molecule has 1 heterocycles. The Morgan fingerprint density at radius 2 is 1.77 bits per heavy atom.